The molecule has 0 aliphatic heterocycles. The van der Waals surface area contributed by atoms with Gasteiger partial charge in [0.15, 0.2) is 6.29 Å². The van der Waals surface area contributed by atoms with E-state index >= 15 is 0 Å². The first kappa shape index (κ1) is 12.2. The Morgan fingerprint density at radius 1 is 1.53 bits per heavy atom. The fourth-order valence-corrected chi connectivity index (χ4v) is 1.53. The van der Waals surface area contributed by atoms with Gasteiger partial charge >= 0.3 is 0 Å². The van der Waals surface area contributed by atoms with Crippen LogP contribution >= 0.6 is 15.9 Å². The van der Waals surface area contributed by atoms with Crippen molar-refractivity contribution in [2.45, 2.75) is 13.0 Å². The first-order valence-corrected chi connectivity index (χ1v) is 5.37. The van der Waals surface area contributed by atoms with Gasteiger partial charge in [-0.25, -0.2) is 0 Å². The Bertz CT molecular complexity index is 339. The Morgan fingerprint density at radius 2 is 2.27 bits per heavy atom. The Labute approximate surface area is 97.5 Å². The van der Waals surface area contributed by atoms with E-state index in [4.69, 9.17) is 9.47 Å². The summed E-state index contributed by atoms with van der Waals surface area (Å²) in [6.07, 6.45) is 0.758. The predicted molar refractivity (Wildman–Crippen MR) is 61.5 cm³/mol. The summed E-state index contributed by atoms with van der Waals surface area (Å²) in [4.78, 5) is 10.7. The van der Waals surface area contributed by atoms with Gasteiger partial charge in [0.05, 0.1) is 6.61 Å². The predicted octanol–water partition coefficient (Wildman–Crippen LogP) is 2.68. The van der Waals surface area contributed by atoms with Crippen LogP contribution < -0.4 is 4.74 Å². The molecule has 1 aromatic rings. The minimum Gasteiger partial charge on any atom is -0.488 e. The minimum atomic E-state index is -0.0318. The molecule has 0 aliphatic carbocycles. The SMILES string of the molecule is COCC(C)Oc1ccc(Br)c(C=O)c1. The highest BCUT2D eigenvalue weighted by atomic mass is 79.9. The zero-order valence-electron chi connectivity index (χ0n) is 8.70. The molecule has 0 spiro atoms. The molecule has 1 unspecified atom stereocenters. The molecule has 0 radical (unpaired) electrons. The highest BCUT2D eigenvalue weighted by molar-refractivity contribution is 9.10. The second kappa shape index (κ2) is 5.88. The third kappa shape index (κ3) is 3.64. The third-order valence-electron chi connectivity index (χ3n) is 1.83. The summed E-state index contributed by atoms with van der Waals surface area (Å²) in [7, 11) is 1.62. The molecule has 0 saturated carbocycles. The summed E-state index contributed by atoms with van der Waals surface area (Å²) in [6, 6.07) is 5.30. The van der Waals surface area contributed by atoms with Gasteiger partial charge in [0.25, 0.3) is 0 Å². The molecule has 1 rings (SSSR count). The first-order valence-electron chi connectivity index (χ1n) is 4.57. The standard InChI is InChI=1S/C11H13BrO3/c1-8(7-14-2)15-10-3-4-11(12)9(5-10)6-13/h3-6,8H,7H2,1-2H3. The van der Waals surface area contributed by atoms with Crippen LogP contribution in [0, 0.1) is 0 Å². The maximum atomic E-state index is 10.7. The van der Waals surface area contributed by atoms with Crippen molar-refractivity contribution in [1.29, 1.82) is 0 Å². The van der Waals surface area contributed by atoms with E-state index in [1.54, 1.807) is 19.2 Å². The second-order valence-corrected chi connectivity index (χ2v) is 4.04. The number of carbonyl (C=O) groups excluding carboxylic acids is 1. The summed E-state index contributed by atoms with van der Waals surface area (Å²) in [6.45, 7) is 2.43. The van der Waals surface area contributed by atoms with Gasteiger partial charge in [-0.2, -0.15) is 0 Å². The van der Waals surface area contributed by atoms with Crippen molar-refractivity contribution >= 4 is 22.2 Å². The normalized spacial score (nSPS) is 12.2. The molecule has 0 saturated heterocycles. The number of hydrogen-bond acceptors (Lipinski definition) is 3. The van der Waals surface area contributed by atoms with Crippen LogP contribution in [0.1, 0.15) is 17.3 Å². The number of methoxy groups -OCH3 is 1. The zero-order valence-corrected chi connectivity index (χ0v) is 10.3. The highest BCUT2D eigenvalue weighted by Crippen LogP contribution is 2.21. The van der Waals surface area contributed by atoms with E-state index in [9.17, 15) is 4.79 Å². The van der Waals surface area contributed by atoms with Crippen LogP contribution in [0.4, 0.5) is 0 Å². The molecule has 0 bridgehead atoms. The third-order valence-corrected chi connectivity index (χ3v) is 2.56. The lowest BCUT2D eigenvalue weighted by Gasteiger charge is -2.14. The average molecular weight is 273 g/mol. The van der Waals surface area contributed by atoms with Crippen LogP contribution in [0.2, 0.25) is 0 Å². The number of hydrogen-bond donors (Lipinski definition) is 0. The number of ether oxygens (including phenoxy) is 2. The topological polar surface area (TPSA) is 35.5 Å². The van der Waals surface area contributed by atoms with E-state index in [1.807, 2.05) is 13.0 Å². The van der Waals surface area contributed by atoms with Crippen LogP contribution in [0.5, 0.6) is 5.75 Å². The summed E-state index contributed by atoms with van der Waals surface area (Å²) in [5.74, 6) is 0.671. The summed E-state index contributed by atoms with van der Waals surface area (Å²) < 4.78 is 11.3. The Morgan fingerprint density at radius 3 is 2.87 bits per heavy atom. The van der Waals surface area contributed by atoms with Gasteiger partial charge in [-0.1, -0.05) is 15.9 Å². The van der Waals surface area contributed by atoms with E-state index in [0.29, 0.717) is 17.9 Å². The average Bonchev–Trinajstić information content (AvgIpc) is 2.21. The smallest absolute Gasteiger partial charge is 0.151 e. The van der Waals surface area contributed by atoms with Crippen molar-refractivity contribution < 1.29 is 14.3 Å². The molecule has 15 heavy (non-hydrogen) atoms. The zero-order chi connectivity index (χ0) is 11.3. The lowest BCUT2D eigenvalue weighted by Crippen LogP contribution is -2.17. The van der Waals surface area contributed by atoms with Gasteiger partial charge in [-0.05, 0) is 25.1 Å². The van der Waals surface area contributed by atoms with E-state index in [0.717, 1.165) is 10.8 Å². The van der Waals surface area contributed by atoms with Gasteiger partial charge in [-0.15, -0.1) is 0 Å². The highest BCUT2D eigenvalue weighted by Gasteiger charge is 2.05. The van der Waals surface area contributed by atoms with Gasteiger partial charge in [0, 0.05) is 17.1 Å². The molecule has 0 fully saturated rings. The van der Waals surface area contributed by atoms with Crippen LogP contribution in [0.15, 0.2) is 22.7 Å². The lowest BCUT2D eigenvalue weighted by atomic mass is 10.2. The van der Waals surface area contributed by atoms with E-state index in [-0.39, 0.29) is 6.10 Å². The number of benzene rings is 1. The van der Waals surface area contributed by atoms with E-state index in [2.05, 4.69) is 15.9 Å². The Hall–Kier alpha value is -0.870. The quantitative estimate of drug-likeness (QED) is 0.774. The molecule has 0 N–H and O–H groups in total. The summed E-state index contributed by atoms with van der Waals surface area (Å²) in [5.41, 5.74) is 0.581. The van der Waals surface area contributed by atoms with Crippen LogP contribution in [0.25, 0.3) is 0 Å². The Balaban J connectivity index is 2.73. The molecule has 0 amide bonds. The largest absolute Gasteiger partial charge is 0.488 e. The van der Waals surface area contributed by atoms with Crippen molar-refractivity contribution in [3.63, 3.8) is 0 Å². The van der Waals surface area contributed by atoms with Crippen molar-refractivity contribution in [3.8, 4) is 5.75 Å². The number of halogens is 1. The molecular weight excluding hydrogens is 260 g/mol. The van der Waals surface area contributed by atoms with Gasteiger partial charge in [-0.3, -0.25) is 4.79 Å². The van der Waals surface area contributed by atoms with Gasteiger partial charge in [0.2, 0.25) is 0 Å². The fraction of sp³-hybridized carbons (Fsp3) is 0.364. The molecule has 1 atom stereocenters. The Kier molecular flexibility index (Phi) is 4.78. The molecule has 0 aromatic heterocycles. The first-order chi connectivity index (χ1) is 7.17. The van der Waals surface area contributed by atoms with Crippen molar-refractivity contribution in [1.82, 2.24) is 0 Å². The fourth-order valence-electron chi connectivity index (χ4n) is 1.19. The molecule has 4 heteroatoms. The van der Waals surface area contributed by atoms with Crippen LogP contribution in [0.3, 0.4) is 0 Å². The van der Waals surface area contributed by atoms with Crippen molar-refractivity contribution in [2.24, 2.45) is 0 Å². The van der Waals surface area contributed by atoms with E-state index < -0.39 is 0 Å². The van der Waals surface area contributed by atoms with Gasteiger partial charge in [0.1, 0.15) is 11.9 Å². The number of rotatable bonds is 5. The maximum Gasteiger partial charge on any atom is 0.151 e. The summed E-state index contributed by atoms with van der Waals surface area (Å²) in [5, 5.41) is 0. The second-order valence-electron chi connectivity index (χ2n) is 3.18. The number of carbonyl (C=O) groups is 1. The van der Waals surface area contributed by atoms with Crippen molar-refractivity contribution in [2.75, 3.05) is 13.7 Å². The lowest BCUT2D eigenvalue weighted by molar-refractivity contribution is 0.0919. The molecule has 0 heterocycles. The molecular formula is C11H13BrO3. The van der Waals surface area contributed by atoms with Crippen LogP contribution in [-0.4, -0.2) is 26.1 Å². The summed E-state index contributed by atoms with van der Waals surface area (Å²) >= 11 is 3.28. The monoisotopic (exact) mass is 272 g/mol. The molecule has 0 aliphatic rings. The van der Waals surface area contributed by atoms with Gasteiger partial charge < -0.3 is 9.47 Å². The molecule has 1 aromatic carbocycles. The molecule has 3 nitrogen and oxygen atoms in total. The maximum absolute atomic E-state index is 10.7. The number of aldehydes is 1. The van der Waals surface area contributed by atoms with Crippen molar-refractivity contribution in [3.05, 3.63) is 28.2 Å². The minimum absolute atomic E-state index is 0.0318. The molecule has 82 valence electrons. The van der Waals surface area contributed by atoms with E-state index in [1.165, 1.54) is 0 Å². The van der Waals surface area contributed by atoms with Crippen LogP contribution in [-0.2, 0) is 4.74 Å².